The molecule has 0 saturated heterocycles. The van der Waals surface area contributed by atoms with Crippen molar-refractivity contribution in [1.29, 1.82) is 0 Å². The van der Waals surface area contributed by atoms with Gasteiger partial charge in [-0.1, -0.05) is 6.07 Å². The number of carbonyl (C=O) groups is 1. The van der Waals surface area contributed by atoms with Crippen LogP contribution >= 0.6 is 0 Å². The zero-order valence-electron chi connectivity index (χ0n) is 10.4. The van der Waals surface area contributed by atoms with Crippen LogP contribution in [0.5, 0.6) is 11.6 Å². The summed E-state index contributed by atoms with van der Waals surface area (Å²) in [5.74, 6) is -0.853. The van der Waals surface area contributed by atoms with Crippen molar-refractivity contribution in [3.8, 4) is 11.6 Å². The second kappa shape index (κ2) is 5.35. The Balaban J connectivity index is 2.34. The fraction of sp³-hybridized carbons (Fsp3) is 0.0769. The summed E-state index contributed by atoms with van der Waals surface area (Å²) in [6, 6.07) is 8.47. The highest BCUT2D eigenvalue weighted by molar-refractivity contribution is 5.85. The van der Waals surface area contributed by atoms with Gasteiger partial charge in [-0.15, -0.1) is 0 Å². The Labute approximate surface area is 113 Å². The predicted molar refractivity (Wildman–Crippen MR) is 69.1 cm³/mol. The number of carboxylic acids is 1. The molecule has 0 unspecified atom stereocenters. The minimum atomic E-state index is -1.17. The van der Waals surface area contributed by atoms with Crippen LogP contribution in [0.15, 0.2) is 36.4 Å². The van der Waals surface area contributed by atoms with Gasteiger partial charge in [0, 0.05) is 12.1 Å². The van der Waals surface area contributed by atoms with E-state index < -0.39 is 10.9 Å². The number of benzene rings is 1. The molecule has 0 saturated carbocycles. The molecule has 1 aromatic carbocycles. The van der Waals surface area contributed by atoms with E-state index in [0.29, 0.717) is 5.56 Å². The maximum absolute atomic E-state index is 10.8. The average Bonchev–Trinajstić information content (AvgIpc) is 2.41. The van der Waals surface area contributed by atoms with Crippen LogP contribution in [0.4, 0.5) is 5.69 Å². The highest BCUT2D eigenvalue weighted by Gasteiger charge is 2.12. The molecule has 0 radical (unpaired) electrons. The summed E-state index contributed by atoms with van der Waals surface area (Å²) < 4.78 is 5.41. The molecule has 1 heterocycles. The average molecular weight is 274 g/mol. The molecular formula is C13H10N2O5. The van der Waals surface area contributed by atoms with E-state index in [-0.39, 0.29) is 23.0 Å². The van der Waals surface area contributed by atoms with E-state index in [1.165, 1.54) is 30.3 Å². The van der Waals surface area contributed by atoms with Gasteiger partial charge >= 0.3 is 5.97 Å². The van der Waals surface area contributed by atoms with Crippen LogP contribution in [0.1, 0.15) is 16.1 Å². The number of nitro benzene ring substituents is 1. The van der Waals surface area contributed by atoms with Gasteiger partial charge < -0.3 is 9.84 Å². The van der Waals surface area contributed by atoms with E-state index in [4.69, 9.17) is 9.84 Å². The molecule has 0 amide bonds. The van der Waals surface area contributed by atoms with E-state index in [9.17, 15) is 14.9 Å². The van der Waals surface area contributed by atoms with E-state index >= 15 is 0 Å². The topological polar surface area (TPSA) is 103 Å². The molecule has 7 heteroatoms. The minimum Gasteiger partial charge on any atom is -0.477 e. The molecule has 0 fully saturated rings. The van der Waals surface area contributed by atoms with Gasteiger partial charge in [-0.05, 0) is 24.6 Å². The Morgan fingerprint density at radius 2 is 2.10 bits per heavy atom. The van der Waals surface area contributed by atoms with Crippen molar-refractivity contribution in [1.82, 2.24) is 4.98 Å². The summed E-state index contributed by atoms with van der Waals surface area (Å²) >= 11 is 0. The number of hydrogen-bond acceptors (Lipinski definition) is 5. The molecule has 0 spiro atoms. The SMILES string of the molecule is Cc1ccc([N+](=O)[O-])cc1Oc1cccc(C(=O)O)n1. The summed E-state index contributed by atoms with van der Waals surface area (Å²) in [5, 5.41) is 19.6. The Morgan fingerprint density at radius 3 is 2.75 bits per heavy atom. The van der Waals surface area contributed by atoms with Gasteiger partial charge in [0.1, 0.15) is 5.75 Å². The first-order valence-corrected chi connectivity index (χ1v) is 5.60. The van der Waals surface area contributed by atoms with Crippen LogP contribution in [0.3, 0.4) is 0 Å². The van der Waals surface area contributed by atoms with E-state index in [0.717, 1.165) is 0 Å². The summed E-state index contributed by atoms with van der Waals surface area (Å²) in [6.07, 6.45) is 0. The molecule has 0 aliphatic heterocycles. The second-order valence-corrected chi connectivity index (χ2v) is 3.98. The number of ether oxygens (including phenoxy) is 1. The van der Waals surface area contributed by atoms with Crippen LogP contribution in [-0.2, 0) is 0 Å². The van der Waals surface area contributed by atoms with Gasteiger partial charge in [0.05, 0.1) is 11.0 Å². The number of aryl methyl sites for hydroxylation is 1. The van der Waals surface area contributed by atoms with Crippen LogP contribution in [0.2, 0.25) is 0 Å². The molecule has 1 aromatic heterocycles. The molecule has 102 valence electrons. The summed E-state index contributed by atoms with van der Waals surface area (Å²) in [5.41, 5.74) is 0.406. The van der Waals surface area contributed by atoms with Crippen molar-refractivity contribution in [2.75, 3.05) is 0 Å². The first-order chi connectivity index (χ1) is 9.47. The van der Waals surface area contributed by atoms with Crippen molar-refractivity contribution in [2.45, 2.75) is 6.92 Å². The Hall–Kier alpha value is -2.96. The van der Waals surface area contributed by atoms with Crippen molar-refractivity contribution >= 4 is 11.7 Å². The second-order valence-electron chi connectivity index (χ2n) is 3.98. The maximum Gasteiger partial charge on any atom is 0.354 e. The molecule has 0 atom stereocenters. The fourth-order valence-corrected chi connectivity index (χ4v) is 1.52. The van der Waals surface area contributed by atoms with Gasteiger partial charge in [0.2, 0.25) is 5.88 Å². The normalized spacial score (nSPS) is 10.1. The number of nitro groups is 1. The fourth-order valence-electron chi connectivity index (χ4n) is 1.52. The molecule has 1 N–H and O–H groups in total. The lowest BCUT2D eigenvalue weighted by Gasteiger charge is -2.07. The smallest absolute Gasteiger partial charge is 0.354 e. The number of nitrogens with zero attached hydrogens (tertiary/aromatic N) is 2. The number of aromatic carboxylic acids is 1. The van der Waals surface area contributed by atoms with E-state index in [1.807, 2.05) is 0 Å². The van der Waals surface area contributed by atoms with Crippen molar-refractivity contribution < 1.29 is 19.6 Å². The van der Waals surface area contributed by atoms with Crippen LogP contribution in [0, 0.1) is 17.0 Å². The molecule has 2 aromatic rings. The van der Waals surface area contributed by atoms with Gasteiger partial charge in [0.15, 0.2) is 5.69 Å². The van der Waals surface area contributed by atoms with Crippen LogP contribution in [-0.4, -0.2) is 21.0 Å². The predicted octanol–water partition coefficient (Wildman–Crippen LogP) is 2.79. The first-order valence-electron chi connectivity index (χ1n) is 5.60. The van der Waals surface area contributed by atoms with Gasteiger partial charge in [0.25, 0.3) is 5.69 Å². The lowest BCUT2D eigenvalue weighted by molar-refractivity contribution is -0.384. The summed E-state index contributed by atoms with van der Waals surface area (Å²) in [7, 11) is 0. The molecule has 7 nitrogen and oxygen atoms in total. The third-order valence-corrected chi connectivity index (χ3v) is 2.54. The minimum absolute atomic E-state index is 0.0634. The molecule has 20 heavy (non-hydrogen) atoms. The van der Waals surface area contributed by atoms with Crippen LogP contribution in [0.25, 0.3) is 0 Å². The molecule has 0 aliphatic rings. The quantitative estimate of drug-likeness (QED) is 0.679. The highest BCUT2D eigenvalue weighted by atomic mass is 16.6. The third-order valence-electron chi connectivity index (χ3n) is 2.54. The highest BCUT2D eigenvalue weighted by Crippen LogP contribution is 2.28. The van der Waals surface area contributed by atoms with Gasteiger partial charge in [-0.2, -0.15) is 0 Å². The van der Waals surface area contributed by atoms with Crippen molar-refractivity contribution in [3.63, 3.8) is 0 Å². The zero-order valence-corrected chi connectivity index (χ0v) is 10.4. The number of hydrogen-bond donors (Lipinski definition) is 1. The van der Waals surface area contributed by atoms with Crippen molar-refractivity contribution in [2.24, 2.45) is 0 Å². The molecule has 0 bridgehead atoms. The number of carboxylic acid groups (broad SMARTS) is 1. The van der Waals surface area contributed by atoms with E-state index in [2.05, 4.69) is 4.98 Å². The first kappa shape index (κ1) is 13.5. The Bertz CT molecular complexity index is 684. The maximum atomic E-state index is 10.8. The lowest BCUT2D eigenvalue weighted by Crippen LogP contribution is -2.01. The van der Waals surface area contributed by atoms with Gasteiger partial charge in [-0.3, -0.25) is 10.1 Å². The zero-order chi connectivity index (χ0) is 14.7. The Kier molecular flexibility index (Phi) is 3.60. The largest absolute Gasteiger partial charge is 0.477 e. The summed E-state index contributed by atoms with van der Waals surface area (Å²) in [6.45, 7) is 1.72. The number of aromatic nitrogens is 1. The third kappa shape index (κ3) is 2.89. The Morgan fingerprint density at radius 1 is 1.35 bits per heavy atom. The summed E-state index contributed by atoms with van der Waals surface area (Å²) in [4.78, 5) is 24.8. The number of rotatable bonds is 4. The van der Waals surface area contributed by atoms with Gasteiger partial charge in [-0.25, -0.2) is 9.78 Å². The standard InChI is InChI=1S/C13H10N2O5/c1-8-5-6-9(15(18)19)7-11(8)20-12-4-2-3-10(14-12)13(16)17/h2-7H,1H3,(H,16,17). The molecule has 2 rings (SSSR count). The monoisotopic (exact) mass is 274 g/mol. The lowest BCUT2D eigenvalue weighted by atomic mass is 10.2. The van der Waals surface area contributed by atoms with Crippen LogP contribution < -0.4 is 4.74 Å². The molecular weight excluding hydrogens is 264 g/mol. The number of pyridine rings is 1. The number of non-ortho nitro benzene ring substituents is 1. The van der Waals surface area contributed by atoms with Crippen molar-refractivity contribution in [3.05, 3.63) is 57.8 Å². The molecule has 0 aliphatic carbocycles. The van der Waals surface area contributed by atoms with E-state index in [1.54, 1.807) is 13.0 Å².